The third-order valence-electron chi connectivity index (χ3n) is 5.47. The van der Waals surface area contributed by atoms with Gasteiger partial charge < -0.3 is 4.90 Å². The Morgan fingerprint density at radius 3 is 2.34 bits per heavy atom. The number of nitrogens with zero attached hydrogens (tertiary/aromatic N) is 4. The summed E-state index contributed by atoms with van der Waals surface area (Å²) in [5.41, 5.74) is 2.21. The van der Waals surface area contributed by atoms with Gasteiger partial charge in [-0.2, -0.15) is 14.1 Å². The summed E-state index contributed by atoms with van der Waals surface area (Å²) in [4.78, 5) is 14.7. The number of aromatic nitrogens is 2. The van der Waals surface area contributed by atoms with Crippen molar-refractivity contribution in [3.8, 4) is 5.69 Å². The lowest BCUT2D eigenvalue weighted by molar-refractivity contribution is 0.384. The molecule has 4 rings (SSSR count). The van der Waals surface area contributed by atoms with Crippen LogP contribution in [0.15, 0.2) is 59.5 Å². The molecule has 0 bridgehead atoms. The predicted octanol–water partition coefficient (Wildman–Crippen LogP) is 3.50. The first-order chi connectivity index (χ1) is 15.3. The SMILES string of the molecule is Cc1ccc(-n2ncc(N3CCN(S(=O)(=O)Cc4ccccc4)CC3)c(Cl)c2=O)cc1Cl. The van der Waals surface area contributed by atoms with Gasteiger partial charge in [-0.15, -0.1) is 0 Å². The van der Waals surface area contributed by atoms with Crippen LogP contribution in [0.5, 0.6) is 0 Å². The molecule has 0 unspecified atom stereocenters. The third-order valence-corrected chi connectivity index (χ3v) is 8.08. The topological polar surface area (TPSA) is 75.5 Å². The first kappa shape index (κ1) is 22.8. The number of hydrogen-bond acceptors (Lipinski definition) is 5. The van der Waals surface area contributed by atoms with Gasteiger partial charge in [0.2, 0.25) is 10.0 Å². The predicted molar refractivity (Wildman–Crippen MR) is 127 cm³/mol. The number of sulfonamides is 1. The van der Waals surface area contributed by atoms with Gasteiger partial charge >= 0.3 is 0 Å². The van der Waals surface area contributed by atoms with E-state index in [1.165, 1.54) is 15.2 Å². The Kier molecular flexibility index (Phi) is 6.57. The van der Waals surface area contributed by atoms with Crippen LogP contribution in [0.25, 0.3) is 5.69 Å². The molecule has 0 radical (unpaired) electrons. The van der Waals surface area contributed by atoms with Crippen molar-refractivity contribution in [3.63, 3.8) is 0 Å². The van der Waals surface area contributed by atoms with Crippen molar-refractivity contribution in [1.82, 2.24) is 14.1 Å². The summed E-state index contributed by atoms with van der Waals surface area (Å²) >= 11 is 12.6. The second kappa shape index (κ2) is 9.23. The fourth-order valence-electron chi connectivity index (χ4n) is 3.63. The van der Waals surface area contributed by atoms with Crippen LogP contribution >= 0.6 is 23.2 Å². The van der Waals surface area contributed by atoms with Gasteiger partial charge in [0, 0.05) is 31.2 Å². The summed E-state index contributed by atoms with van der Waals surface area (Å²) in [6.07, 6.45) is 1.53. The van der Waals surface area contributed by atoms with E-state index < -0.39 is 15.6 Å². The molecule has 0 N–H and O–H groups in total. The molecule has 32 heavy (non-hydrogen) atoms. The molecule has 1 aromatic heterocycles. The van der Waals surface area contributed by atoms with Crippen LogP contribution in [-0.4, -0.2) is 48.7 Å². The molecule has 168 valence electrons. The Morgan fingerprint density at radius 1 is 1.00 bits per heavy atom. The minimum Gasteiger partial charge on any atom is -0.366 e. The maximum absolute atomic E-state index is 12.8. The van der Waals surface area contributed by atoms with Crippen LogP contribution < -0.4 is 10.5 Å². The molecule has 0 spiro atoms. The molecule has 0 saturated carbocycles. The van der Waals surface area contributed by atoms with Gasteiger partial charge in [-0.3, -0.25) is 4.79 Å². The quantitative estimate of drug-likeness (QED) is 0.544. The highest BCUT2D eigenvalue weighted by Crippen LogP contribution is 2.25. The number of halogens is 2. The Balaban J connectivity index is 1.49. The number of anilines is 1. The molecule has 2 heterocycles. The van der Waals surface area contributed by atoms with E-state index in [0.29, 0.717) is 42.6 Å². The molecule has 1 saturated heterocycles. The largest absolute Gasteiger partial charge is 0.366 e. The molecule has 10 heteroatoms. The van der Waals surface area contributed by atoms with Gasteiger partial charge in [0.15, 0.2) is 0 Å². The van der Waals surface area contributed by atoms with E-state index in [9.17, 15) is 13.2 Å². The molecule has 0 aliphatic carbocycles. The zero-order valence-electron chi connectivity index (χ0n) is 17.4. The average Bonchev–Trinajstić information content (AvgIpc) is 2.78. The van der Waals surface area contributed by atoms with E-state index in [1.807, 2.05) is 36.1 Å². The standard InChI is InChI=1S/C22H22Cl2N4O3S/c1-16-7-8-18(13-19(16)23)28-22(29)21(24)20(14-25-28)26-9-11-27(12-10-26)32(30,31)15-17-5-3-2-4-6-17/h2-8,13-14H,9-12,15H2,1H3. The molecule has 1 aliphatic heterocycles. The van der Waals surface area contributed by atoms with Crippen molar-refractivity contribution in [2.75, 3.05) is 31.1 Å². The first-order valence-corrected chi connectivity index (χ1v) is 12.4. The molecule has 1 aliphatic rings. The van der Waals surface area contributed by atoms with Crippen molar-refractivity contribution >= 4 is 38.9 Å². The summed E-state index contributed by atoms with van der Waals surface area (Å²) in [6, 6.07) is 14.3. The smallest absolute Gasteiger partial charge is 0.292 e. The minimum atomic E-state index is -3.43. The molecule has 7 nitrogen and oxygen atoms in total. The Labute approximate surface area is 196 Å². The lowest BCUT2D eigenvalue weighted by Crippen LogP contribution is -2.49. The van der Waals surface area contributed by atoms with Crippen molar-refractivity contribution in [2.24, 2.45) is 0 Å². The fourth-order valence-corrected chi connectivity index (χ4v) is 5.56. The van der Waals surface area contributed by atoms with Crippen molar-refractivity contribution in [3.05, 3.63) is 86.3 Å². The van der Waals surface area contributed by atoms with Gasteiger partial charge in [0.05, 0.1) is 23.3 Å². The number of aryl methyl sites for hydroxylation is 1. The van der Waals surface area contributed by atoms with Crippen LogP contribution in [0, 0.1) is 6.92 Å². The molecule has 2 aromatic carbocycles. The van der Waals surface area contributed by atoms with Gasteiger partial charge in [0.1, 0.15) is 5.02 Å². The first-order valence-electron chi connectivity index (χ1n) is 10.1. The van der Waals surface area contributed by atoms with Crippen molar-refractivity contribution in [1.29, 1.82) is 0 Å². The monoisotopic (exact) mass is 492 g/mol. The highest BCUT2D eigenvalue weighted by atomic mass is 35.5. The molecule has 1 fully saturated rings. The Hall–Kier alpha value is -2.39. The maximum Gasteiger partial charge on any atom is 0.292 e. The van der Waals surface area contributed by atoms with E-state index in [0.717, 1.165) is 11.1 Å². The third kappa shape index (κ3) is 4.68. The normalized spacial score (nSPS) is 15.2. The Morgan fingerprint density at radius 2 is 1.69 bits per heavy atom. The van der Waals surface area contributed by atoms with Crippen molar-refractivity contribution in [2.45, 2.75) is 12.7 Å². The summed E-state index contributed by atoms with van der Waals surface area (Å²) in [5.74, 6) is -0.0364. The second-order valence-corrected chi connectivity index (χ2v) is 10.4. The number of benzene rings is 2. The minimum absolute atomic E-state index is 0.0364. The number of hydrogen-bond donors (Lipinski definition) is 0. The van der Waals surface area contributed by atoms with E-state index in [2.05, 4.69) is 5.10 Å². The van der Waals surface area contributed by atoms with Crippen LogP contribution in [0.2, 0.25) is 10.0 Å². The summed E-state index contributed by atoms with van der Waals surface area (Å²) < 4.78 is 28.2. The van der Waals surface area contributed by atoms with E-state index in [4.69, 9.17) is 23.2 Å². The van der Waals surface area contributed by atoms with E-state index in [-0.39, 0.29) is 10.8 Å². The summed E-state index contributed by atoms with van der Waals surface area (Å²) in [5, 5.41) is 4.84. The van der Waals surface area contributed by atoms with Gasteiger partial charge in [-0.1, -0.05) is 59.6 Å². The maximum atomic E-state index is 12.8. The molecule has 0 amide bonds. The molecular formula is C22H22Cl2N4O3S. The molecular weight excluding hydrogens is 471 g/mol. The summed E-state index contributed by atoms with van der Waals surface area (Å²) in [7, 11) is -3.43. The highest BCUT2D eigenvalue weighted by Gasteiger charge is 2.28. The highest BCUT2D eigenvalue weighted by molar-refractivity contribution is 7.88. The average molecular weight is 493 g/mol. The molecule has 3 aromatic rings. The van der Waals surface area contributed by atoms with Crippen LogP contribution in [-0.2, 0) is 15.8 Å². The molecule has 0 atom stereocenters. The van der Waals surface area contributed by atoms with E-state index in [1.54, 1.807) is 24.3 Å². The van der Waals surface area contributed by atoms with Crippen LogP contribution in [0.1, 0.15) is 11.1 Å². The zero-order chi connectivity index (χ0) is 22.9. The number of piperazine rings is 1. The van der Waals surface area contributed by atoms with E-state index >= 15 is 0 Å². The van der Waals surface area contributed by atoms with Gasteiger partial charge in [0.25, 0.3) is 5.56 Å². The zero-order valence-corrected chi connectivity index (χ0v) is 19.7. The van der Waals surface area contributed by atoms with Crippen LogP contribution in [0.4, 0.5) is 5.69 Å². The fraction of sp³-hybridized carbons (Fsp3) is 0.273. The summed E-state index contributed by atoms with van der Waals surface area (Å²) in [6.45, 7) is 3.31. The lowest BCUT2D eigenvalue weighted by atomic mass is 10.2. The number of rotatable bonds is 5. The van der Waals surface area contributed by atoms with Gasteiger partial charge in [-0.05, 0) is 30.2 Å². The van der Waals surface area contributed by atoms with Gasteiger partial charge in [-0.25, -0.2) is 8.42 Å². The lowest BCUT2D eigenvalue weighted by Gasteiger charge is -2.35. The van der Waals surface area contributed by atoms with Crippen molar-refractivity contribution < 1.29 is 8.42 Å². The van der Waals surface area contributed by atoms with Crippen LogP contribution in [0.3, 0.4) is 0 Å². The Bertz CT molecular complexity index is 1290. The second-order valence-electron chi connectivity index (χ2n) is 7.62.